The van der Waals surface area contributed by atoms with E-state index in [1.54, 1.807) is 0 Å². The van der Waals surface area contributed by atoms with Crippen LogP contribution in [0.5, 0.6) is 0 Å². The Morgan fingerprint density at radius 3 is 2.21 bits per heavy atom. The molecule has 1 atom stereocenters. The second-order valence-corrected chi connectivity index (χ2v) is 6.48. The molecule has 9 heteroatoms. The van der Waals surface area contributed by atoms with Gasteiger partial charge in [-0.1, -0.05) is 22.0 Å². The lowest BCUT2D eigenvalue weighted by Crippen LogP contribution is -2.45. The molecule has 0 aromatic heterocycles. The first-order chi connectivity index (χ1) is 8.37. The summed E-state index contributed by atoms with van der Waals surface area (Å²) in [7, 11) is -5.19. The monoisotopic (exact) mass is 363 g/mol. The van der Waals surface area contributed by atoms with Gasteiger partial charge in [0.1, 0.15) is 11.2 Å². The van der Waals surface area contributed by atoms with Crippen LogP contribution in [0.1, 0.15) is 12.5 Å². The van der Waals surface area contributed by atoms with Gasteiger partial charge in [0.2, 0.25) is 0 Å². The topological polar surface area (TPSA) is 57.2 Å². The molecule has 19 heavy (non-hydrogen) atoms. The number of rotatable bonds is 3. The van der Waals surface area contributed by atoms with Gasteiger partial charge in [-0.15, -0.1) is 0 Å². The maximum Gasteiger partial charge on any atom is 0.399 e. The number of hydrogen-bond acceptors (Lipinski definition) is 3. The van der Waals surface area contributed by atoms with Crippen molar-refractivity contribution in [2.75, 3.05) is 5.75 Å². The molecule has 0 saturated carbocycles. The maximum atomic E-state index is 13.6. The summed E-state index contributed by atoms with van der Waals surface area (Å²) >= 11 is 2.87. The SMILES string of the molecule is CC(CS(=O)(=O)[O-])(c1ccc(Br)cc1F)C(F)(F)F. The first-order valence-electron chi connectivity index (χ1n) is 4.83. The van der Waals surface area contributed by atoms with Crippen LogP contribution in [0, 0.1) is 5.82 Å². The number of halogens is 5. The van der Waals surface area contributed by atoms with Crippen molar-refractivity contribution in [2.45, 2.75) is 18.5 Å². The first-order valence-corrected chi connectivity index (χ1v) is 7.20. The summed E-state index contributed by atoms with van der Waals surface area (Å²) in [6.07, 6.45) is -5.08. The van der Waals surface area contributed by atoms with Crippen molar-refractivity contribution in [1.82, 2.24) is 0 Å². The Labute approximate surface area is 115 Å². The molecule has 0 aliphatic rings. The second kappa shape index (κ2) is 5.02. The highest BCUT2D eigenvalue weighted by Crippen LogP contribution is 2.43. The van der Waals surface area contributed by atoms with Gasteiger partial charge in [0.15, 0.2) is 0 Å². The molecular formula is C10H8BrF4O3S-. The van der Waals surface area contributed by atoms with Crippen molar-refractivity contribution in [3.63, 3.8) is 0 Å². The van der Waals surface area contributed by atoms with Crippen molar-refractivity contribution in [1.29, 1.82) is 0 Å². The van der Waals surface area contributed by atoms with E-state index in [4.69, 9.17) is 0 Å². The van der Waals surface area contributed by atoms with Crippen molar-refractivity contribution >= 4 is 26.0 Å². The van der Waals surface area contributed by atoms with E-state index < -0.39 is 38.8 Å². The average molecular weight is 364 g/mol. The molecule has 0 N–H and O–H groups in total. The molecule has 0 radical (unpaired) electrons. The van der Waals surface area contributed by atoms with Crippen molar-refractivity contribution in [3.05, 3.63) is 34.1 Å². The molecule has 1 unspecified atom stereocenters. The number of hydrogen-bond donors (Lipinski definition) is 0. The largest absolute Gasteiger partial charge is 0.748 e. The van der Waals surface area contributed by atoms with Gasteiger partial charge >= 0.3 is 6.18 Å². The maximum absolute atomic E-state index is 13.6. The van der Waals surface area contributed by atoms with E-state index in [1.807, 2.05) is 0 Å². The molecule has 0 fully saturated rings. The van der Waals surface area contributed by atoms with Crippen LogP contribution < -0.4 is 0 Å². The molecule has 0 aliphatic carbocycles. The van der Waals surface area contributed by atoms with E-state index in [2.05, 4.69) is 15.9 Å². The van der Waals surface area contributed by atoms with E-state index in [0.717, 1.165) is 18.2 Å². The van der Waals surface area contributed by atoms with Crippen LogP contribution in [0.25, 0.3) is 0 Å². The fourth-order valence-corrected chi connectivity index (χ4v) is 2.96. The lowest BCUT2D eigenvalue weighted by atomic mass is 9.83. The molecule has 0 saturated heterocycles. The standard InChI is InChI=1S/C10H9BrF4O3S/c1-9(10(13,14)15,5-19(16,17)18)7-3-2-6(11)4-8(7)12/h2-4H,5H2,1H3,(H,16,17,18)/p-1. The summed E-state index contributed by atoms with van der Waals surface area (Å²) in [5.41, 5.74) is -3.99. The van der Waals surface area contributed by atoms with Crippen LogP contribution in [-0.4, -0.2) is 24.9 Å². The first kappa shape index (κ1) is 16.4. The third-order valence-corrected chi connectivity index (χ3v) is 4.04. The summed E-state index contributed by atoms with van der Waals surface area (Å²) in [5.74, 6) is -3.00. The van der Waals surface area contributed by atoms with Gasteiger partial charge in [-0.3, -0.25) is 0 Å². The Hall–Kier alpha value is -0.670. The minimum absolute atomic E-state index is 0.197. The lowest BCUT2D eigenvalue weighted by Gasteiger charge is -2.33. The van der Waals surface area contributed by atoms with Crippen molar-refractivity contribution < 1.29 is 30.5 Å². The Morgan fingerprint density at radius 1 is 1.32 bits per heavy atom. The fourth-order valence-electron chi connectivity index (χ4n) is 1.60. The molecule has 0 amide bonds. The van der Waals surface area contributed by atoms with Crippen LogP contribution in [-0.2, 0) is 15.5 Å². The Bertz CT molecular complexity index is 585. The van der Waals surface area contributed by atoms with E-state index in [1.165, 1.54) is 0 Å². The highest BCUT2D eigenvalue weighted by atomic mass is 79.9. The normalized spacial score (nSPS) is 16.2. The Morgan fingerprint density at radius 2 is 1.84 bits per heavy atom. The summed E-state index contributed by atoms with van der Waals surface area (Å²) < 4.78 is 84.9. The second-order valence-electron chi connectivity index (χ2n) is 4.16. The van der Waals surface area contributed by atoms with Gasteiger partial charge in [0, 0.05) is 10.0 Å². The van der Waals surface area contributed by atoms with Crippen LogP contribution in [0.3, 0.4) is 0 Å². The summed E-state index contributed by atoms with van der Waals surface area (Å²) in [6.45, 7) is 0.481. The Kier molecular flexibility index (Phi) is 4.33. The highest BCUT2D eigenvalue weighted by Gasteiger charge is 2.54. The number of alkyl halides is 3. The molecular weight excluding hydrogens is 356 g/mol. The van der Waals surface area contributed by atoms with Gasteiger partial charge in [-0.25, -0.2) is 12.8 Å². The highest BCUT2D eigenvalue weighted by molar-refractivity contribution is 9.10. The summed E-state index contributed by atoms with van der Waals surface area (Å²) in [5, 5.41) is 0. The molecule has 1 rings (SSSR count). The van der Waals surface area contributed by atoms with E-state index in [9.17, 15) is 30.5 Å². The zero-order chi connectivity index (χ0) is 15.1. The minimum Gasteiger partial charge on any atom is -0.748 e. The summed E-state index contributed by atoms with van der Waals surface area (Å²) in [6, 6.07) is 2.72. The van der Waals surface area contributed by atoms with Crippen molar-refractivity contribution in [2.24, 2.45) is 0 Å². The van der Waals surface area contributed by atoms with Gasteiger partial charge in [-0.2, -0.15) is 13.2 Å². The zero-order valence-corrected chi connectivity index (χ0v) is 11.9. The number of benzene rings is 1. The molecule has 0 bridgehead atoms. The minimum atomic E-state index is -5.19. The predicted molar refractivity (Wildman–Crippen MR) is 62.1 cm³/mol. The summed E-state index contributed by atoms with van der Waals surface area (Å²) in [4.78, 5) is 0. The molecule has 0 spiro atoms. The van der Waals surface area contributed by atoms with Crippen LogP contribution in [0.15, 0.2) is 22.7 Å². The van der Waals surface area contributed by atoms with Gasteiger partial charge in [-0.05, 0) is 19.1 Å². The third-order valence-electron chi connectivity index (χ3n) is 2.62. The lowest BCUT2D eigenvalue weighted by molar-refractivity contribution is -0.180. The molecule has 1 aromatic carbocycles. The fraction of sp³-hybridized carbons (Fsp3) is 0.400. The molecule has 3 nitrogen and oxygen atoms in total. The molecule has 108 valence electrons. The van der Waals surface area contributed by atoms with Gasteiger partial charge in [0.25, 0.3) is 0 Å². The van der Waals surface area contributed by atoms with E-state index >= 15 is 0 Å². The molecule has 0 aliphatic heterocycles. The van der Waals surface area contributed by atoms with Gasteiger partial charge in [0.05, 0.1) is 15.9 Å². The predicted octanol–water partition coefficient (Wildman–Crippen LogP) is 2.95. The zero-order valence-electron chi connectivity index (χ0n) is 9.46. The average Bonchev–Trinajstić information content (AvgIpc) is 2.11. The molecule has 0 heterocycles. The Balaban J connectivity index is 3.49. The molecule has 1 aromatic rings. The van der Waals surface area contributed by atoms with Crippen LogP contribution in [0.4, 0.5) is 17.6 Å². The van der Waals surface area contributed by atoms with Gasteiger partial charge < -0.3 is 4.55 Å². The van der Waals surface area contributed by atoms with Crippen molar-refractivity contribution in [3.8, 4) is 0 Å². The van der Waals surface area contributed by atoms with Crippen LogP contribution >= 0.6 is 15.9 Å². The quantitative estimate of drug-likeness (QED) is 0.612. The third kappa shape index (κ3) is 3.67. The smallest absolute Gasteiger partial charge is 0.399 e. The van der Waals surface area contributed by atoms with E-state index in [0.29, 0.717) is 6.92 Å². The van der Waals surface area contributed by atoms with Crippen LogP contribution in [0.2, 0.25) is 0 Å². The van der Waals surface area contributed by atoms with E-state index in [-0.39, 0.29) is 4.47 Å².